The molecular formula is C25H30O7. The van der Waals surface area contributed by atoms with Crippen LogP contribution in [0.3, 0.4) is 0 Å². The standard InChI is InChI=1S/C25H30O7/c1-14(5-4-10-25(2,3)31)6-7-17-16(8-9-18(27)24(17)30)21-13-20(29)23-19(28)11-15(26)12-22(23)32-21/h6,8-9,11-12,21,26-28,30-31H,4-5,7,10,13H2,1-3H3/b14-6+/t21-/m0/s1. The first-order valence-corrected chi connectivity index (χ1v) is 10.6. The molecular weight excluding hydrogens is 412 g/mol. The number of fused-ring (bicyclic) bond motifs is 1. The van der Waals surface area contributed by atoms with Crippen molar-refractivity contribution in [1.82, 2.24) is 0 Å². The van der Waals surface area contributed by atoms with E-state index in [2.05, 4.69) is 0 Å². The number of Topliss-reactive ketones (excluding diaryl/α,β-unsaturated/α-hetero) is 1. The Labute approximate surface area is 187 Å². The smallest absolute Gasteiger partial charge is 0.174 e. The molecule has 3 rings (SSSR count). The molecule has 172 valence electrons. The Morgan fingerprint density at radius 2 is 1.88 bits per heavy atom. The van der Waals surface area contributed by atoms with Crippen LogP contribution < -0.4 is 4.74 Å². The van der Waals surface area contributed by atoms with E-state index in [9.17, 15) is 30.3 Å². The van der Waals surface area contributed by atoms with Gasteiger partial charge in [0.2, 0.25) is 0 Å². The summed E-state index contributed by atoms with van der Waals surface area (Å²) in [4.78, 5) is 12.7. The molecule has 0 aromatic heterocycles. The van der Waals surface area contributed by atoms with Crippen LogP contribution in [0.25, 0.3) is 0 Å². The third-order valence-corrected chi connectivity index (χ3v) is 5.64. The van der Waals surface area contributed by atoms with Gasteiger partial charge < -0.3 is 30.3 Å². The molecule has 0 radical (unpaired) electrons. The summed E-state index contributed by atoms with van der Waals surface area (Å²) in [5.41, 5.74) is 1.36. The van der Waals surface area contributed by atoms with Crippen molar-refractivity contribution in [3.63, 3.8) is 0 Å². The van der Waals surface area contributed by atoms with Crippen LogP contribution in [-0.4, -0.2) is 36.9 Å². The quantitative estimate of drug-likeness (QED) is 0.312. The number of hydrogen-bond acceptors (Lipinski definition) is 7. The molecule has 1 aliphatic heterocycles. The van der Waals surface area contributed by atoms with Gasteiger partial charge in [-0.05, 0) is 52.5 Å². The highest BCUT2D eigenvalue weighted by atomic mass is 16.5. The Balaban J connectivity index is 1.86. The Morgan fingerprint density at radius 1 is 1.16 bits per heavy atom. The number of phenols is 4. The van der Waals surface area contributed by atoms with Crippen LogP contribution >= 0.6 is 0 Å². The number of rotatable bonds is 7. The highest BCUT2D eigenvalue weighted by Gasteiger charge is 2.32. The number of aliphatic hydroxyl groups is 1. The number of allylic oxidation sites excluding steroid dienone is 2. The van der Waals surface area contributed by atoms with Crippen LogP contribution in [-0.2, 0) is 6.42 Å². The summed E-state index contributed by atoms with van der Waals surface area (Å²) in [7, 11) is 0. The van der Waals surface area contributed by atoms with Gasteiger partial charge in [0.15, 0.2) is 17.3 Å². The Hall–Kier alpha value is -3.19. The van der Waals surface area contributed by atoms with Crippen molar-refractivity contribution in [2.24, 2.45) is 0 Å². The van der Waals surface area contributed by atoms with Crippen LogP contribution in [0.4, 0.5) is 0 Å². The van der Waals surface area contributed by atoms with Gasteiger partial charge in [0.1, 0.15) is 28.9 Å². The van der Waals surface area contributed by atoms with E-state index in [1.54, 1.807) is 19.9 Å². The van der Waals surface area contributed by atoms with E-state index in [1.807, 2.05) is 13.0 Å². The minimum Gasteiger partial charge on any atom is -0.508 e. The first-order valence-electron chi connectivity index (χ1n) is 10.6. The number of hydrogen-bond donors (Lipinski definition) is 5. The molecule has 0 spiro atoms. The van der Waals surface area contributed by atoms with E-state index in [1.165, 1.54) is 12.1 Å². The van der Waals surface area contributed by atoms with Crippen molar-refractivity contribution < 1.29 is 35.1 Å². The molecule has 5 N–H and O–H groups in total. The molecule has 32 heavy (non-hydrogen) atoms. The number of carbonyl (C=O) groups is 1. The van der Waals surface area contributed by atoms with E-state index in [0.717, 1.165) is 24.5 Å². The van der Waals surface area contributed by atoms with Crippen LogP contribution in [0, 0.1) is 0 Å². The highest BCUT2D eigenvalue weighted by Crippen LogP contribution is 2.44. The molecule has 1 aliphatic rings. The van der Waals surface area contributed by atoms with E-state index in [-0.39, 0.29) is 46.5 Å². The van der Waals surface area contributed by atoms with Crippen molar-refractivity contribution in [3.05, 3.63) is 52.6 Å². The maximum Gasteiger partial charge on any atom is 0.174 e. The second-order valence-corrected chi connectivity index (χ2v) is 8.99. The average Bonchev–Trinajstić information content (AvgIpc) is 2.67. The maximum atomic E-state index is 12.7. The monoisotopic (exact) mass is 442 g/mol. The van der Waals surface area contributed by atoms with Crippen molar-refractivity contribution in [2.75, 3.05) is 0 Å². The van der Waals surface area contributed by atoms with Crippen molar-refractivity contribution in [3.8, 4) is 28.7 Å². The second kappa shape index (κ2) is 9.12. The summed E-state index contributed by atoms with van der Waals surface area (Å²) >= 11 is 0. The third kappa shape index (κ3) is 5.34. The Bertz CT molecular complexity index is 1050. The van der Waals surface area contributed by atoms with E-state index >= 15 is 0 Å². The second-order valence-electron chi connectivity index (χ2n) is 8.99. The molecule has 1 atom stereocenters. The summed E-state index contributed by atoms with van der Waals surface area (Å²) in [5, 5.41) is 50.2. The fourth-order valence-electron chi connectivity index (χ4n) is 3.93. The van der Waals surface area contributed by atoms with Crippen molar-refractivity contribution in [1.29, 1.82) is 0 Å². The van der Waals surface area contributed by atoms with E-state index < -0.39 is 11.7 Å². The fourth-order valence-corrected chi connectivity index (χ4v) is 3.93. The summed E-state index contributed by atoms with van der Waals surface area (Å²) in [6, 6.07) is 5.31. The normalized spacial score (nSPS) is 16.6. The summed E-state index contributed by atoms with van der Waals surface area (Å²) in [6.07, 6.45) is 3.71. The molecule has 0 aliphatic carbocycles. The van der Waals surface area contributed by atoms with Gasteiger partial charge >= 0.3 is 0 Å². The number of phenolic OH excluding ortho intramolecular Hbond substituents is 4. The number of benzene rings is 2. The number of ether oxygens (including phenoxy) is 1. The molecule has 0 saturated carbocycles. The van der Waals surface area contributed by atoms with Gasteiger partial charge in [-0.1, -0.05) is 17.7 Å². The van der Waals surface area contributed by atoms with Crippen LogP contribution in [0.15, 0.2) is 35.9 Å². The van der Waals surface area contributed by atoms with Crippen LogP contribution in [0.1, 0.15) is 74.0 Å². The van der Waals surface area contributed by atoms with Gasteiger partial charge in [0, 0.05) is 23.3 Å². The molecule has 0 bridgehead atoms. The topological polar surface area (TPSA) is 127 Å². The molecule has 2 aromatic carbocycles. The third-order valence-electron chi connectivity index (χ3n) is 5.64. The lowest BCUT2D eigenvalue weighted by Crippen LogP contribution is -2.21. The minimum absolute atomic E-state index is 0.0196. The SMILES string of the molecule is C/C(=C\Cc1c([C@@H]2CC(=O)c3c(O)cc(O)cc3O2)ccc(O)c1O)CCCC(C)(C)O. The predicted molar refractivity (Wildman–Crippen MR) is 119 cm³/mol. The molecule has 0 fully saturated rings. The summed E-state index contributed by atoms with van der Waals surface area (Å²) in [5.74, 6) is -1.39. The Kier molecular flexibility index (Phi) is 6.69. The molecule has 0 unspecified atom stereocenters. The molecule has 2 aromatic rings. The zero-order valence-electron chi connectivity index (χ0n) is 18.6. The van der Waals surface area contributed by atoms with Crippen LogP contribution in [0.5, 0.6) is 28.7 Å². The van der Waals surface area contributed by atoms with Gasteiger partial charge in [0.05, 0.1) is 12.0 Å². The predicted octanol–water partition coefficient (Wildman–Crippen LogP) is 4.65. The average molecular weight is 443 g/mol. The number of ketones is 1. The van der Waals surface area contributed by atoms with E-state index in [4.69, 9.17) is 4.74 Å². The van der Waals surface area contributed by atoms with Crippen molar-refractivity contribution in [2.45, 2.75) is 64.6 Å². The lowest BCUT2D eigenvalue weighted by molar-refractivity contribution is 0.0689. The molecule has 1 heterocycles. The van der Waals surface area contributed by atoms with Crippen LogP contribution in [0.2, 0.25) is 0 Å². The molecule has 0 saturated heterocycles. The minimum atomic E-state index is -0.749. The molecule has 7 heteroatoms. The Morgan fingerprint density at radius 3 is 2.56 bits per heavy atom. The van der Waals surface area contributed by atoms with Gasteiger partial charge in [-0.2, -0.15) is 0 Å². The number of carbonyl (C=O) groups excluding carboxylic acids is 1. The van der Waals surface area contributed by atoms with Gasteiger partial charge in [0.25, 0.3) is 0 Å². The summed E-state index contributed by atoms with van der Waals surface area (Å²) in [6.45, 7) is 5.50. The van der Waals surface area contributed by atoms with Gasteiger partial charge in [-0.15, -0.1) is 0 Å². The van der Waals surface area contributed by atoms with E-state index in [0.29, 0.717) is 24.0 Å². The highest BCUT2D eigenvalue weighted by molar-refractivity contribution is 6.02. The zero-order chi connectivity index (χ0) is 23.6. The largest absolute Gasteiger partial charge is 0.508 e. The molecule has 0 amide bonds. The van der Waals surface area contributed by atoms with Crippen molar-refractivity contribution >= 4 is 5.78 Å². The van der Waals surface area contributed by atoms with Gasteiger partial charge in [-0.25, -0.2) is 0 Å². The van der Waals surface area contributed by atoms with Gasteiger partial charge in [-0.3, -0.25) is 4.79 Å². The first-order chi connectivity index (χ1) is 15.0. The zero-order valence-corrected chi connectivity index (χ0v) is 18.6. The number of aromatic hydroxyl groups is 4. The lowest BCUT2D eigenvalue weighted by atomic mass is 9.90. The summed E-state index contributed by atoms with van der Waals surface area (Å²) < 4.78 is 5.91. The fraction of sp³-hybridized carbons (Fsp3) is 0.400. The molecule has 7 nitrogen and oxygen atoms in total. The maximum absolute atomic E-state index is 12.7. The first kappa shape index (κ1) is 23.5. The lowest BCUT2D eigenvalue weighted by Gasteiger charge is -2.28.